The molecule has 0 aliphatic carbocycles. The fourth-order valence-electron chi connectivity index (χ4n) is 6.03. The molecule has 0 unspecified atom stereocenters. The van der Waals surface area contributed by atoms with Crippen LogP contribution in [0.25, 0.3) is 54.3 Å². The molecule has 0 fully saturated rings. The lowest BCUT2D eigenvalue weighted by molar-refractivity contribution is 0.103. The second kappa shape index (κ2) is 14.0. The summed E-state index contributed by atoms with van der Waals surface area (Å²) in [5.74, 6) is 0.628. The Kier molecular flexibility index (Phi) is 9.41. The number of benzene rings is 6. The van der Waals surface area contributed by atoms with Gasteiger partial charge < -0.3 is 27.8 Å². The van der Waals surface area contributed by atoms with Crippen LogP contribution < -0.4 is 30.2 Å². The summed E-state index contributed by atoms with van der Waals surface area (Å²) in [6.07, 6.45) is 0. The van der Waals surface area contributed by atoms with E-state index in [0.29, 0.717) is 33.8 Å². The predicted octanol–water partition coefficient (Wildman–Crippen LogP) is 8.78. The van der Waals surface area contributed by atoms with Crippen LogP contribution >= 0.6 is 0 Å². The predicted molar refractivity (Wildman–Crippen MR) is 196 cm³/mol. The minimum Gasteiger partial charge on any atom is -0.496 e. The van der Waals surface area contributed by atoms with Crippen LogP contribution in [-0.2, 0) is 0 Å². The normalized spacial score (nSPS) is 10.8. The number of carbonyl (C=O) groups excluding carboxylic acids is 1. The van der Waals surface area contributed by atoms with Crippen molar-refractivity contribution >= 4 is 60.0 Å². The lowest BCUT2D eigenvalue weighted by Crippen LogP contribution is -2.21. The van der Waals surface area contributed by atoms with E-state index in [2.05, 4.69) is 60.7 Å². The Morgan fingerprint density at radius 3 is 1.18 bits per heavy atom. The molecule has 8 rings (SSSR count). The fourth-order valence-corrected chi connectivity index (χ4v) is 6.03. The summed E-state index contributed by atoms with van der Waals surface area (Å²) in [6, 6.07) is 30.6. The van der Waals surface area contributed by atoms with Crippen molar-refractivity contribution in [3.63, 3.8) is 0 Å². The molecular formula is C41H34O9. The summed E-state index contributed by atoms with van der Waals surface area (Å²) in [5.41, 5.74) is -2.19. The Balaban J connectivity index is 0.000000198. The third-order valence-electron chi connectivity index (χ3n) is 8.37. The molecule has 0 atom stereocenters. The van der Waals surface area contributed by atoms with Crippen molar-refractivity contribution in [2.75, 3.05) is 28.4 Å². The van der Waals surface area contributed by atoms with Crippen LogP contribution in [0.15, 0.2) is 115 Å². The summed E-state index contributed by atoms with van der Waals surface area (Å²) in [6.45, 7) is 4.00. The summed E-state index contributed by atoms with van der Waals surface area (Å²) in [5, 5.41) is 8.87. The zero-order valence-corrected chi connectivity index (χ0v) is 28.4. The van der Waals surface area contributed by atoms with Gasteiger partial charge in [-0.3, -0.25) is 4.79 Å². The average molecular weight is 671 g/mol. The van der Waals surface area contributed by atoms with Crippen LogP contribution in [-0.4, -0.2) is 34.2 Å². The first-order valence-electron chi connectivity index (χ1n) is 15.9. The topological polar surface area (TPSA) is 114 Å². The van der Waals surface area contributed by atoms with Gasteiger partial charge in [-0.05, 0) is 44.5 Å². The second-order valence-electron chi connectivity index (χ2n) is 11.0. The monoisotopic (exact) mass is 670 g/mol. The Morgan fingerprint density at radius 1 is 0.500 bits per heavy atom. The Hall–Kier alpha value is -6.35. The third kappa shape index (κ3) is 5.94. The van der Waals surface area contributed by atoms with Crippen molar-refractivity contribution in [2.45, 2.75) is 13.8 Å². The smallest absolute Gasteiger partial charge is 0.347 e. The van der Waals surface area contributed by atoms with Gasteiger partial charge in [0.2, 0.25) is 5.78 Å². The number of hydrogen-bond acceptors (Lipinski definition) is 9. The lowest BCUT2D eigenvalue weighted by Gasteiger charge is -2.10. The van der Waals surface area contributed by atoms with Gasteiger partial charge in [-0.25, -0.2) is 9.59 Å². The van der Waals surface area contributed by atoms with Crippen molar-refractivity contribution in [2.24, 2.45) is 0 Å². The largest absolute Gasteiger partial charge is 0.496 e. The first-order valence-corrected chi connectivity index (χ1v) is 15.9. The fraction of sp³-hybridized carbons (Fsp3) is 0.146. The number of methoxy groups -OCH3 is 4. The quantitative estimate of drug-likeness (QED) is 0.0973. The van der Waals surface area contributed by atoms with Crippen molar-refractivity contribution in [1.82, 2.24) is 0 Å². The molecule has 0 radical (unpaired) electrons. The number of ether oxygens (including phenoxy) is 4. The molecule has 0 spiro atoms. The van der Waals surface area contributed by atoms with E-state index >= 15 is 0 Å². The Labute approximate surface area is 286 Å². The van der Waals surface area contributed by atoms with Crippen molar-refractivity contribution in [3.05, 3.63) is 129 Å². The molecular weight excluding hydrogens is 636 g/mol. The number of hydrogen-bond donors (Lipinski definition) is 0. The molecule has 0 saturated carbocycles. The van der Waals surface area contributed by atoms with Crippen LogP contribution in [0.4, 0.5) is 0 Å². The van der Waals surface area contributed by atoms with E-state index in [4.69, 9.17) is 27.8 Å². The maximum absolute atomic E-state index is 13.2. The molecule has 2 heterocycles. The van der Waals surface area contributed by atoms with E-state index in [1.54, 1.807) is 12.1 Å². The van der Waals surface area contributed by atoms with Gasteiger partial charge in [-0.1, -0.05) is 74.5 Å². The number of ketones is 1. The lowest BCUT2D eigenvalue weighted by atomic mass is 9.95. The van der Waals surface area contributed by atoms with Gasteiger partial charge in [0.15, 0.2) is 0 Å². The number of rotatable bonds is 6. The molecule has 8 aromatic rings. The Morgan fingerprint density at radius 2 is 0.860 bits per heavy atom. The molecule has 252 valence electrons. The van der Waals surface area contributed by atoms with E-state index < -0.39 is 17.0 Å². The molecule has 0 N–H and O–H groups in total. The van der Waals surface area contributed by atoms with Crippen molar-refractivity contribution < 1.29 is 32.6 Å². The van der Waals surface area contributed by atoms with Crippen molar-refractivity contribution in [3.8, 4) is 23.0 Å². The molecule has 0 aliphatic heterocycles. The molecule has 2 aromatic heterocycles. The van der Waals surface area contributed by atoms with E-state index in [9.17, 15) is 14.4 Å². The van der Waals surface area contributed by atoms with Gasteiger partial charge in [0.05, 0.1) is 39.2 Å². The summed E-state index contributed by atoms with van der Waals surface area (Å²) in [7, 11) is 5.78. The van der Waals surface area contributed by atoms with Crippen molar-refractivity contribution in [1.29, 1.82) is 0 Å². The minimum atomic E-state index is -0.918. The first kappa shape index (κ1) is 33.5. The zero-order chi connectivity index (χ0) is 35.5. The van der Waals surface area contributed by atoms with E-state index in [0.717, 1.165) is 0 Å². The van der Waals surface area contributed by atoms with Gasteiger partial charge in [0.25, 0.3) is 0 Å². The van der Waals surface area contributed by atoms with Gasteiger partial charge in [0, 0.05) is 24.3 Å². The van der Waals surface area contributed by atoms with Gasteiger partial charge in [0.1, 0.15) is 45.3 Å². The van der Waals surface area contributed by atoms with Crippen LogP contribution in [0.3, 0.4) is 0 Å². The average Bonchev–Trinajstić information content (AvgIpc) is 3.16. The molecule has 50 heavy (non-hydrogen) atoms. The molecule has 0 bridgehead atoms. The maximum Gasteiger partial charge on any atom is 0.347 e. The molecule has 0 aliphatic rings. The zero-order valence-electron chi connectivity index (χ0n) is 28.4. The summed E-state index contributed by atoms with van der Waals surface area (Å²) in [4.78, 5) is 38.3. The van der Waals surface area contributed by atoms with Crippen LogP contribution in [0.5, 0.6) is 23.0 Å². The first-order chi connectivity index (χ1) is 24.3. The van der Waals surface area contributed by atoms with E-state index in [1.165, 1.54) is 85.0 Å². The van der Waals surface area contributed by atoms with Crippen LogP contribution in [0.1, 0.15) is 29.8 Å². The van der Waals surface area contributed by atoms with Gasteiger partial charge >= 0.3 is 11.3 Å². The summed E-state index contributed by atoms with van der Waals surface area (Å²) >= 11 is 0. The standard InChI is InChI=1S/C23H18O9.C16H10.C2H6/c1-27-11-5-17(29-3)13-9-15(22(25)31-19(13)7-11)21(24)16-10-14-18(30-4)6-12(28-2)8-20(14)32-23(16)26;1-3-11-7-9-13-5-2-6-14-10-8-12(4-1)15(11)16(13)14;1-2/h5-10H,1-4H3;1-10H;1-2H3. The van der Waals surface area contributed by atoms with Crippen LogP contribution in [0.2, 0.25) is 0 Å². The number of carbonyl (C=O) groups is 1. The highest BCUT2D eigenvalue weighted by molar-refractivity contribution is 6.22. The minimum absolute atomic E-state index is 0.169. The second-order valence-corrected chi connectivity index (χ2v) is 11.0. The molecule has 0 saturated heterocycles. The highest BCUT2D eigenvalue weighted by Crippen LogP contribution is 2.35. The third-order valence-corrected chi connectivity index (χ3v) is 8.37. The highest BCUT2D eigenvalue weighted by Gasteiger charge is 2.23. The van der Waals surface area contributed by atoms with E-state index in [1.807, 2.05) is 13.8 Å². The summed E-state index contributed by atoms with van der Waals surface area (Å²) < 4.78 is 31.6. The Bertz CT molecular complexity index is 2390. The molecule has 9 heteroatoms. The maximum atomic E-state index is 13.2. The SMILES string of the molecule is CC.COc1cc(OC)c2cc(C(=O)c3cc4c(OC)cc(OC)cc4oc3=O)c(=O)oc2c1.c1cc2ccc3cccc4ccc(c1)c2c34. The van der Waals surface area contributed by atoms with Crippen LogP contribution in [0, 0.1) is 0 Å². The van der Waals surface area contributed by atoms with Gasteiger partial charge in [-0.2, -0.15) is 0 Å². The molecule has 6 aromatic carbocycles. The number of fused-ring (bicyclic) bond motifs is 2. The van der Waals surface area contributed by atoms with Gasteiger partial charge in [-0.15, -0.1) is 0 Å². The molecule has 9 nitrogen and oxygen atoms in total. The highest BCUT2D eigenvalue weighted by atomic mass is 16.5. The molecule has 0 amide bonds. The van der Waals surface area contributed by atoms with E-state index in [-0.39, 0.29) is 22.3 Å².